The van der Waals surface area contributed by atoms with Crippen molar-refractivity contribution < 1.29 is 14.3 Å². The van der Waals surface area contributed by atoms with Crippen LogP contribution in [0, 0.1) is 0 Å². The Morgan fingerprint density at radius 2 is 2.20 bits per heavy atom. The Hall–Kier alpha value is -1.12. The summed E-state index contributed by atoms with van der Waals surface area (Å²) in [6.07, 6.45) is 2.53. The lowest BCUT2D eigenvalue weighted by Gasteiger charge is -2.04. The molecule has 0 saturated carbocycles. The first kappa shape index (κ1) is 8.88. The first-order valence-corrected chi connectivity index (χ1v) is 2.94. The first-order valence-electron chi connectivity index (χ1n) is 2.94. The highest BCUT2D eigenvalue weighted by Crippen LogP contribution is 1.91. The Bertz CT molecular complexity index is 149. The Morgan fingerprint density at radius 1 is 1.60 bits per heavy atom. The number of hydrogen-bond donors (Lipinski definition) is 0. The molecule has 0 radical (unpaired) electrons. The van der Waals surface area contributed by atoms with E-state index in [2.05, 4.69) is 0 Å². The fraction of sp³-hybridized carbons (Fsp3) is 0.429. The maximum atomic E-state index is 10.5. The molecule has 3 heteroatoms. The monoisotopic (exact) mass is 142 g/mol. The van der Waals surface area contributed by atoms with E-state index in [4.69, 9.17) is 4.74 Å². The smallest absolute Gasteiger partial charge is 0.169 e. The summed E-state index contributed by atoms with van der Waals surface area (Å²) in [4.78, 5) is 20.2. The van der Waals surface area contributed by atoms with Crippen LogP contribution < -0.4 is 0 Å². The first-order chi connectivity index (χ1) is 4.68. The number of aldehydes is 1. The Morgan fingerprint density at radius 3 is 2.60 bits per heavy atom. The molecule has 0 spiro atoms. The molecule has 56 valence electrons. The lowest BCUT2D eigenvalue weighted by Crippen LogP contribution is -2.14. The van der Waals surface area contributed by atoms with Crippen molar-refractivity contribution in [2.45, 2.75) is 20.0 Å². The summed E-state index contributed by atoms with van der Waals surface area (Å²) >= 11 is 0. The van der Waals surface area contributed by atoms with E-state index in [0.29, 0.717) is 6.29 Å². The highest BCUT2D eigenvalue weighted by atomic mass is 16.5. The van der Waals surface area contributed by atoms with Crippen molar-refractivity contribution >= 4 is 12.1 Å². The number of carbonyl (C=O) groups excluding carboxylic acids is 2. The molecule has 0 bridgehead atoms. The third-order valence-electron chi connectivity index (χ3n) is 1.01. The zero-order valence-electron chi connectivity index (χ0n) is 6.03. The van der Waals surface area contributed by atoms with Gasteiger partial charge >= 0.3 is 0 Å². The van der Waals surface area contributed by atoms with E-state index in [0.717, 1.165) is 0 Å². The molecular weight excluding hydrogens is 132 g/mol. The van der Waals surface area contributed by atoms with Gasteiger partial charge in [-0.3, -0.25) is 9.59 Å². The molecule has 0 fully saturated rings. The molecule has 0 rings (SSSR count). The number of carbonyl (C=O) groups is 2. The Kier molecular flexibility index (Phi) is 4.20. The molecule has 1 unspecified atom stereocenters. The molecule has 0 amide bonds. The van der Waals surface area contributed by atoms with Gasteiger partial charge in [0.05, 0.1) is 6.26 Å². The van der Waals surface area contributed by atoms with Gasteiger partial charge in [-0.2, -0.15) is 0 Å². The number of allylic oxidation sites excluding steroid dienone is 1. The van der Waals surface area contributed by atoms with Crippen molar-refractivity contribution in [1.29, 1.82) is 0 Å². The van der Waals surface area contributed by atoms with Crippen molar-refractivity contribution in [3.63, 3.8) is 0 Å². The largest absolute Gasteiger partial charge is 0.490 e. The lowest BCUT2D eigenvalue weighted by atomic mass is 10.3. The van der Waals surface area contributed by atoms with Crippen molar-refractivity contribution in [2.75, 3.05) is 0 Å². The van der Waals surface area contributed by atoms with E-state index in [1.54, 1.807) is 6.92 Å². The van der Waals surface area contributed by atoms with E-state index in [1.165, 1.54) is 19.3 Å². The lowest BCUT2D eigenvalue weighted by molar-refractivity contribution is -0.124. The summed E-state index contributed by atoms with van der Waals surface area (Å²) in [5.74, 6) is -0.0597. The summed E-state index contributed by atoms with van der Waals surface area (Å²) in [5.41, 5.74) is 0. The van der Waals surface area contributed by atoms with Gasteiger partial charge in [0, 0.05) is 6.08 Å². The fourth-order valence-corrected chi connectivity index (χ4v) is 0.291. The van der Waals surface area contributed by atoms with E-state index in [-0.39, 0.29) is 5.78 Å². The summed E-state index contributed by atoms with van der Waals surface area (Å²) in [7, 11) is 0. The van der Waals surface area contributed by atoms with Gasteiger partial charge < -0.3 is 4.74 Å². The van der Waals surface area contributed by atoms with Gasteiger partial charge in [0.25, 0.3) is 0 Å². The summed E-state index contributed by atoms with van der Waals surface area (Å²) < 4.78 is 4.78. The van der Waals surface area contributed by atoms with Crippen molar-refractivity contribution in [2.24, 2.45) is 0 Å². The fourth-order valence-electron chi connectivity index (χ4n) is 0.291. The second kappa shape index (κ2) is 4.73. The predicted molar refractivity (Wildman–Crippen MR) is 36.4 cm³/mol. The zero-order valence-corrected chi connectivity index (χ0v) is 6.03. The van der Waals surface area contributed by atoms with Gasteiger partial charge in [-0.25, -0.2) is 0 Å². The van der Waals surface area contributed by atoms with Crippen LogP contribution in [-0.2, 0) is 14.3 Å². The minimum atomic E-state index is -0.462. The van der Waals surface area contributed by atoms with Gasteiger partial charge in [0.15, 0.2) is 11.9 Å². The number of rotatable bonds is 4. The molecule has 0 heterocycles. The highest BCUT2D eigenvalue weighted by molar-refractivity contribution is 5.80. The average molecular weight is 142 g/mol. The van der Waals surface area contributed by atoms with Crippen LogP contribution in [0.1, 0.15) is 13.8 Å². The van der Waals surface area contributed by atoms with E-state index in [1.807, 2.05) is 0 Å². The molecule has 0 aromatic carbocycles. The summed E-state index contributed by atoms with van der Waals surface area (Å²) in [6.45, 7) is 3.05. The third-order valence-corrected chi connectivity index (χ3v) is 1.01. The SMILES string of the molecule is CC(=O)C(C)OC=CC=O. The van der Waals surface area contributed by atoms with Crippen molar-refractivity contribution in [3.05, 3.63) is 12.3 Å². The van der Waals surface area contributed by atoms with Gasteiger partial charge in [0.1, 0.15) is 6.29 Å². The van der Waals surface area contributed by atoms with Gasteiger partial charge in [-0.1, -0.05) is 0 Å². The molecule has 0 aliphatic rings. The topological polar surface area (TPSA) is 43.4 Å². The van der Waals surface area contributed by atoms with Crippen LogP contribution in [0.2, 0.25) is 0 Å². The maximum Gasteiger partial charge on any atom is 0.169 e. The number of ketones is 1. The maximum absolute atomic E-state index is 10.5. The van der Waals surface area contributed by atoms with E-state index >= 15 is 0 Å². The highest BCUT2D eigenvalue weighted by Gasteiger charge is 2.04. The molecule has 0 aliphatic heterocycles. The van der Waals surface area contributed by atoms with Gasteiger partial charge in [0.2, 0.25) is 0 Å². The van der Waals surface area contributed by atoms with Crippen molar-refractivity contribution in [3.8, 4) is 0 Å². The van der Waals surface area contributed by atoms with Gasteiger partial charge in [-0.05, 0) is 13.8 Å². The third kappa shape index (κ3) is 3.83. The second-order valence-corrected chi connectivity index (χ2v) is 1.85. The molecule has 0 aromatic rings. The second-order valence-electron chi connectivity index (χ2n) is 1.85. The molecule has 10 heavy (non-hydrogen) atoms. The standard InChI is InChI=1S/C7H10O3/c1-6(9)7(2)10-5-3-4-8/h3-5,7H,1-2H3. The van der Waals surface area contributed by atoms with E-state index in [9.17, 15) is 9.59 Å². The minimum absolute atomic E-state index is 0.0597. The summed E-state index contributed by atoms with van der Waals surface area (Å²) in [6, 6.07) is 0. The molecule has 3 nitrogen and oxygen atoms in total. The zero-order chi connectivity index (χ0) is 7.98. The molecular formula is C7H10O3. The van der Waals surface area contributed by atoms with Crippen LogP contribution in [0.3, 0.4) is 0 Å². The number of Topliss-reactive ketones (excluding diaryl/α,β-unsaturated/α-hetero) is 1. The predicted octanol–water partition coefficient (Wildman–Crippen LogP) is 0.693. The molecule has 0 saturated heterocycles. The molecule has 0 aromatic heterocycles. The van der Waals surface area contributed by atoms with Crippen LogP contribution in [0.25, 0.3) is 0 Å². The van der Waals surface area contributed by atoms with Crippen molar-refractivity contribution in [1.82, 2.24) is 0 Å². The van der Waals surface area contributed by atoms with Gasteiger partial charge in [-0.15, -0.1) is 0 Å². The Balaban J connectivity index is 3.58. The quantitative estimate of drug-likeness (QED) is 0.329. The Labute approximate surface area is 59.7 Å². The van der Waals surface area contributed by atoms with Crippen LogP contribution in [0.4, 0.5) is 0 Å². The number of ether oxygens (including phenoxy) is 1. The minimum Gasteiger partial charge on any atom is -0.490 e. The van der Waals surface area contributed by atoms with Crippen LogP contribution in [0.5, 0.6) is 0 Å². The number of hydrogen-bond acceptors (Lipinski definition) is 3. The average Bonchev–Trinajstić information content (AvgIpc) is 1.88. The molecule has 0 aliphatic carbocycles. The molecule has 0 N–H and O–H groups in total. The normalized spacial score (nSPS) is 13.0. The molecule has 1 atom stereocenters. The van der Waals surface area contributed by atoms with Crippen LogP contribution in [-0.4, -0.2) is 18.2 Å². The van der Waals surface area contributed by atoms with Crippen LogP contribution in [0.15, 0.2) is 12.3 Å². The summed E-state index contributed by atoms with van der Waals surface area (Å²) in [5, 5.41) is 0. The van der Waals surface area contributed by atoms with E-state index < -0.39 is 6.10 Å². The van der Waals surface area contributed by atoms with Crippen LogP contribution >= 0.6 is 0 Å².